The molecule has 1 aliphatic heterocycles. The summed E-state index contributed by atoms with van der Waals surface area (Å²) in [6, 6.07) is 12.2. The lowest BCUT2D eigenvalue weighted by Crippen LogP contribution is -2.51. The van der Waals surface area contributed by atoms with Crippen LogP contribution in [-0.4, -0.2) is 42.9 Å². The van der Waals surface area contributed by atoms with Crippen molar-refractivity contribution in [2.45, 2.75) is 0 Å². The van der Waals surface area contributed by atoms with E-state index >= 15 is 0 Å². The maximum Gasteiger partial charge on any atom is 0.313 e. The molecule has 1 fully saturated rings. The monoisotopic (exact) mass is 411 g/mol. The second-order valence-corrected chi connectivity index (χ2v) is 7.09. The quantitative estimate of drug-likeness (QED) is 0.760. The van der Waals surface area contributed by atoms with Crippen molar-refractivity contribution in [3.05, 3.63) is 57.5 Å². The minimum absolute atomic E-state index is 0.312. The van der Waals surface area contributed by atoms with Gasteiger partial charge in [-0.3, -0.25) is 9.59 Å². The molecule has 2 amide bonds. The van der Waals surface area contributed by atoms with Crippen LogP contribution in [0, 0.1) is 0 Å². The zero-order chi connectivity index (χ0) is 18.7. The normalized spacial score (nSPS) is 14.3. The van der Waals surface area contributed by atoms with Gasteiger partial charge in [0.25, 0.3) is 0 Å². The Labute approximate surface area is 166 Å². The van der Waals surface area contributed by atoms with Gasteiger partial charge in [0.15, 0.2) is 0 Å². The van der Waals surface area contributed by atoms with Crippen LogP contribution in [0.4, 0.5) is 11.4 Å². The Hall–Kier alpha value is -1.95. The molecule has 2 aromatic rings. The molecular weight excluding hydrogens is 397 g/mol. The highest BCUT2D eigenvalue weighted by Crippen LogP contribution is 2.25. The van der Waals surface area contributed by atoms with Crippen molar-refractivity contribution >= 4 is 58.0 Å². The summed E-state index contributed by atoms with van der Waals surface area (Å²) in [5.74, 6) is -1.26. The fourth-order valence-corrected chi connectivity index (χ4v) is 3.23. The summed E-state index contributed by atoms with van der Waals surface area (Å²) >= 11 is 17.8. The molecule has 1 saturated heterocycles. The van der Waals surface area contributed by atoms with Crippen LogP contribution in [0.5, 0.6) is 0 Å². The van der Waals surface area contributed by atoms with E-state index in [1.165, 1.54) is 11.0 Å². The van der Waals surface area contributed by atoms with Gasteiger partial charge in [0.2, 0.25) is 0 Å². The molecule has 8 heteroatoms. The van der Waals surface area contributed by atoms with E-state index in [0.29, 0.717) is 46.9 Å². The van der Waals surface area contributed by atoms with Gasteiger partial charge < -0.3 is 15.1 Å². The van der Waals surface area contributed by atoms with Gasteiger partial charge in [-0.1, -0.05) is 40.9 Å². The summed E-state index contributed by atoms with van der Waals surface area (Å²) in [4.78, 5) is 28.2. The zero-order valence-electron chi connectivity index (χ0n) is 13.7. The molecule has 1 aliphatic rings. The Bertz CT molecular complexity index is 836. The van der Waals surface area contributed by atoms with Crippen LogP contribution in [0.3, 0.4) is 0 Å². The third-order valence-electron chi connectivity index (χ3n) is 4.11. The number of nitrogens with one attached hydrogen (secondary N) is 1. The third kappa shape index (κ3) is 4.41. The van der Waals surface area contributed by atoms with Crippen LogP contribution >= 0.6 is 34.8 Å². The number of anilines is 2. The molecule has 0 aromatic heterocycles. The molecule has 1 N–H and O–H groups in total. The molecule has 26 heavy (non-hydrogen) atoms. The smallest absolute Gasteiger partial charge is 0.313 e. The van der Waals surface area contributed by atoms with E-state index in [9.17, 15) is 9.59 Å². The van der Waals surface area contributed by atoms with Gasteiger partial charge in [0.05, 0.1) is 10.0 Å². The molecule has 0 saturated carbocycles. The van der Waals surface area contributed by atoms with Crippen molar-refractivity contribution in [1.29, 1.82) is 0 Å². The number of rotatable bonds is 2. The summed E-state index contributed by atoms with van der Waals surface area (Å²) < 4.78 is 0. The van der Waals surface area contributed by atoms with Crippen LogP contribution < -0.4 is 10.2 Å². The highest BCUT2D eigenvalue weighted by Gasteiger charge is 2.26. The third-order valence-corrected chi connectivity index (χ3v) is 5.09. The lowest BCUT2D eigenvalue weighted by atomic mass is 10.2. The van der Waals surface area contributed by atoms with Crippen molar-refractivity contribution in [3.8, 4) is 0 Å². The summed E-state index contributed by atoms with van der Waals surface area (Å²) in [5.41, 5.74) is 1.43. The Morgan fingerprint density at radius 3 is 2.27 bits per heavy atom. The summed E-state index contributed by atoms with van der Waals surface area (Å²) in [7, 11) is 0. The van der Waals surface area contributed by atoms with Gasteiger partial charge in [-0.05, 0) is 36.4 Å². The predicted molar refractivity (Wildman–Crippen MR) is 105 cm³/mol. The van der Waals surface area contributed by atoms with E-state index in [4.69, 9.17) is 34.8 Å². The molecule has 136 valence electrons. The van der Waals surface area contributed by atoms with E-state index in [2.05, 4.69) is 10.2 Å². The first-order chi connectivity index (χ1) is 12.4. The van der Waals surface area contributed by atoms with Gasteiger partial charge >= 0.3 is 11.8 Å². The SMILES string of the molecule is O=C(Nc1ccc(Cl)c(Cl)c1)C(=O)N1CCN(c2cccc(Cl)c2)CC1. The van der Waals surface area contributed by atoms with Crippen molar-refractivity contribution in [2.24, 2.45) is 0 Å². The van der Waals surface area contributed by atoms with Gasteiger partial charge in [-0.2, -0.15) is 0 Å². The fraction of sp³-hybridized carbons (Fsp3) is 0.222. The standard InChI is InChI=1S/C18H16Cl3N3O2/c19-12-2-1-3-14(10-12)23-6-8-24(9-7-23)18(26)17(25)22-13-4-5-15(20)16(21)11-13/h1-5,10-11H,6-9H2,(H,22,25). The largest absolute Gasteiger partial charge is 0.368 e. The van der Waals surface area contributed by atoms with Gasteiger partial charge in [-0.15, -0.1) is 0 Å². The van der Waals surface area contributed by atoms with Gasteiger partial charge in [0, 0.05) is 42.6 Å². The van der Waals surface area contributed by atoms with Crippen molar-refractivity contribution in [2.75, 3.05) is 36.4 Å². The second kappa shape index (κ2) is 8.16. The maximum atomic E-state index is 12.4. The Balaban J connectivity index is 1.57. The molecule has 0 atom stereocenters. The van der Waals surface area contributed by atoms with E-state index in [-0.39, 0.29) is 0 Å². The van der Waals surface area contributed by atoms with Crippen LogP contribution in [0.15, 0.2) is 42.5 Å². The van der Waals surface area contributed by atoms with Crippen LogP contribution in [0.1, 0.15) is 0 Å². The molecule has 1 heterocycles. The van der Waals surface area contributed by atoms with Crippen LogP contribution in [-0.2, 0) is 9.59 Å². The first-order valence-electron chi connectivity index (χ1n) is 8.00. The van der Waals surface area contributed by atoms with E-state index in [1.54, 1.807) is 12.1 Å². The zero-order valence-corrected chi connectivity index (χ0v) is 16.0. The lowest BCUT2D eigenvalue weighted by Gasteiger charge is -2.35. The van der Waals surface area contributed by atoms with Crippen molar-refractivity contribution in [1.82, 2.24) is 4.90 Å². The summed E-state index contributed by atoms with van der Waals surface area (Å²) in [6.45, 7) is 2.18. The van der Waals surface area contributed by atoms with E-state index in [0.717, 1.165) is 5.69 Å². The Morgan fingerprint density at radius 1 is 0.885 bits per heavy atom. The number of amides is 2. The molecular formula is C18H16Cl3N3O2. The Kier molecular flexibility index (Phi) is 5.91. The maximum absolute atomic E-state index is 12.4. The van der Waals surface area contributed by atoms with Gasteiger partial charge in [-0.25, -0.2) is 0 Å². The summed E-state index contributed by atoms with van der Waals surface area (Å²) in [5, 5.41) is 3.92. The lowest BCUT2D eigenvalue weighted by molar-refractivity contribution is -0.143. The topological polar surface area (TPSA) is 52.7 Å². The molecule has 0 radical (unpaired) electrons. The number of halogens is 3. The average Bonchev–Trinajstić information content (AvgIpc) is 2.64. The molecule has 0 aliphatic carbocycles. The summed E-state index contributed by atoms with van der Waals surface area (Å²) in [6.07, 6.45) is 0. The first-order valence-corrected chi connectivity index (χ1v) is 9.13. The highest BCUT2D eigenvalue weighted by molar-refractivity contribution is 6.43. The highest BCUT2D eigenvalue weighted by atomic mass is 35.5. The number of hydrogen-bond acceptors (Lipinski definition) is 3. The Morgan fingerprint density at radius 2 is 1.62 bits per heavy atom. The molecule has 0 bridgehead atoms. The fourth-order valence-electron chi connectivity index (χ4n) is 2.74. The number of benzene rings is 2. The molecule has 0 spiro atoms. The minimum atomic E-state index is -0.695. The first kappa shape index (κ1) is 18.8. The number of carbonyl (C=O) groups excluding carboxylic acids is 2. The predicted octanol–water partition coefficient (Wildman–Crippen LogP) is 3.93. The molecule has 5 nitrogen and oxygen atoms in total. The van der Waals surface area contributed by atoms with E-state index in [1.807, 2.05) is 24.3 Å². The molecule has 3 rings (SSSR count). The molecule has 2 aromatic carbocycles. The average molecular weight is 413 g/mol. The number of nitrogens with zero attached hydrogens (tertiary/aromatic N) is 2. The number of piperazine rings is 1. The van der Waals surface area contributed by atoms with Crippen molar-refractivity contribution in [3.63, 3.8) is 0 Å². The minimum Gasteiger partial charge on any atom is -0.368 e. The van der Waals surface area contributed by atoms with Crippen LogP contribution in [0.2, 0.25) is 15.1 Å². The van der Waals surface area contributed by atoms with Crippen LogP contribution in [0.25, 0.3) is 0 Å². The van der Waals surface area contributed by atoms with E-state index < -0.39 is 11.8 Å². The number of hydrogen-bond donors (Lipinski definition) is 1. The van der Waals surface area contributed by atoms with Gasteiger partial charge in [0.1, 0.15) is 0 Å². The molecule has 0 unspecified atom stereocenters. The second-order valence-electron chi connectivity index (χ2n) is 5.84. The number of carbonyl (C=O) groups is 2. The van der Waals surface area contributed by atoms with Crippen molar-refractivity contribution < 1.29 is 9.59 Å².